The van der Waals surface area contributed by atoms with Gasteiger partial charge in [-0.3, -0.25) is 4.79 Å². The number of aliphatic carboxylic acids is 1. The van der Waals surface area contributed by atoms with E-state index < -0.39 is 39.8 Å². The van der Waals surface area contributed by atoms with Crippen LogP contribution in [0, 0.1) is 28.6 Å². The van der Waals surface area contributed by atoms with Crippen LogP contribution < -0.4 is 0 Å². The number of benzene rings is 1. The van der Waals surface area contributed by atoms with Crippen LogP contribution in [0.1, 0.15) is 25.3 Å². The van der Waals surface area contributed by atoms with E-state index in [1.807, 2.05) is 0 Å². The van der Waals surface area contributed by atoms with Crippen molar-refractivity contribution in [2.75, 3.05) is 0 Å². The van der Waals surface area contributed by atoms with Crippen molar-refractivity contribution < 1.29 is 23.1 Å². The molecule has 0 radical (unpaired) electrons. The highest BCUT2D eigenvalue weighted by Gasteiger charge is 2.63. The van der Waals surface area contributed by atoms with E-state index in [1.165, 1.54) is 32.0 Å². The number of alkyl halides is 3. The molecule has 1 aromatic carbocycles. The molecule has 0 spiro atoms. The Balaban J connectivity index is 3.91. The van der Waals surface area contributed by atoms with Gasteiger partial charge in [-0.2, -0.15) is 18.4 Å². The normalized spacial score (nSPS) is 16.2. The third-order valence-corrected chi connectivity index (χ3v) is 5.36. The summed E-state index contributed by atoms with van der Waals surface area (Å²) in [6, 6.07) is 5.42. The number of hydrogen-bond acceptors (Lipinski definition) is 2. The third-order valence-electron chi connectivity index (χ3n) is 4.37. The summed E-state index contributed by atoms with van der Waals surface area (Å²) < 4.78 is 40.9. The molecule has 0 bridgehead atoms. The molecule has 0 heterocycles. The SMILES string of the molecule is CC(C)C(C(=O)O)(C(C#N)c1ccc(Cl)c(Cl)c1)C(C=C(Cl)Cl)C(F)(F)F. The van der Waals surface area contributed by atoms with Crippen LogP contribution >= 0.6 is 46.4 Å². The van der Waals surface area contributed by atoms with Gasteiger partial charge in [0.25, 0.3) is 0 Å². The lowest BCUT2D eigenvalue weighted by Gasteiger charge is -2.43. The van der Waals surface area contributed by atoms with E-state index in [0.717, 1.165) is 0 Å². The van der Waals surface area contributed by atoms with Crippen LogP contribution in [0.25, 0.3) is 0 Å². The molecule has 0 fully saturated rings. The second-order valence-electron chi connectivity index (χ2n) is 6.10. The van der Waals surface area contributed by atoms with Gasteiger partial charge in [-0.25, -0.2) is 0 Å². The first-order chi connectivity index (χ1) is 12.3. The zero-order valence-electron chi connectivity index (χ0n) is 14.0. The predicted molar refractivity (Wildman–Crippen MR) is 99.1 cm³/mol. The zero-order chi connectivity index (χ0) is 21.2. The van der Waals surface area contributed by atoms with E-state index in [0.29, 0.717) is 6.08 Å². The first kappa shape index (κ1) is 23.9. The Morgan fingerprint density at radius 2 is 1.78 bits per heavy atom. The molecule has 0 saturated carbocycles. The summed E-state index contributed by atoms with van der Waals surface area (Å²) in [5.74, 6) is -7.31. The Hall–Kier alpha value is -1.13. The summed E-state index contributed by atoms with van der Waals surface area (Å²) in [6.07, 6.45) is -4.64. The van der Waals surface area contributed by atoms with Gasteiger partial charge in [-0.05, 0) is 29.7 Å². The molecule has 3 atom stereocenters. The molecule has 0 aliphatic rings. The smallest absolute Gasteiger partial charge is 0.396 e. The maximum atomic E-state index is 13.9. The Bertz CT molecular complexity index is 785. The summed E-state index contributed by atoms with van der Waals surface area (Å²) in [5.41, 5.74) is -2.64. The van der Waals surface area contributed by atoms with Gasteiger partial charge >= 0.3 is 12.1 Å². The van der Waals surface area contributed by atoms with Crippen molar-refractivity contribution in [3.05, 3.63) is 44.4 Å². The van der Waals surface area contributed by atoms with Crippen LogP contribution in [-0.2, 0) is 4.79 Å². The number of hydrogen-bond donors (Lipinski definition) is 1. The van der Waals surface area contributed by atoms with Gasteiger partial charge < -0.3 is 5.11 Å². The fourth-order valence-electron chi connectivity index (χ4n) is 3.15. The lowest BCUT2D eigenvalue weighted by Crippen LogP contribution is -2.52. The molecule has 0 saturated heterocycles. The van der Waals surface area contributed by atoms with Crippen LogP contribution in [-0.4, -0.2) is 17.3 Å². The Morgan fingerprint density at radius 3 is 2.11 bits per heavy atom. The van der Waals surface area contributed by atoms with Crippen molar-refractivity contribution in [2.24, 2.45) is 17.3 Å². The van der Waals surface area contributed by atoms with E-state index in [-0.39, 0.29) is 15.6 Å². The van der Waals surface area contributed by atoms with E-state index >= 15 is 0 Å². The van der Waals surface area contributed by atoms with E-state index in [2.05, 4.69) is 0 Å². The fourth-order valence-corrected chi connectivity index (χ4v) is 3.71. The van der Waals surface area contributed by atoms with E-state index in [9.17, 15) is 28.3 Å². The average Bonchev–Trinajstić information content (AvgIpc) is 2.51. The van der Waals surface area contributed by atoms with Gasteiger partial charge in [0.15, 0.2) is 0 Å². The molecular formula is C17H14Cl4F3NO2. The van der Waals surface area contributed by atoms with Crippen molar-refractivity contribution in [3.63, 3.8) is 0 Å². The number of nitrogens with zero attached hydrogens (tertiary/aromatic N) is 1. The Morgan fingerprint density at radius 1 is 1.22 bits per heavy atom. The molecule has 1 N–H and O–H groups in total. The fraction of sp³-hybridized carbons (Fsp3) is 0.412. The molecule has 3 nitrogen and oxygen atoms in total. The maximum absolute atomic E-state index is 13.9. The van der Waals surface area contributed by atoms with Crippen molar-refractivity contribution in [1.82, 2.24) is 0 Å². The lowest BCUT2D eigenvalue weighted by atomic mass is 9.58. The molecule has 0 amide bonds. The molecule has 1 rings (SSSR count). The van der Waals surface area contributed by atoms with Crippen LogP contribution in [0.3, 0.4) is 0 Å². The topological polar surface area (TPSA) is 61.1 Å². The molecule has 3 unspecified atom stereocenters. The number of carboxylic acid groups (broad SMARTS) is 1. The summed E-state index contributed by atoms with van der Waals surface area (Å²) >= 11 is 22.6. The monoisotopic (exact) mass is 461 g/mol. The van der Waals surface area contributed by atoms with Crippen LogP contribution in [0.4, 0.5) is 13.2 Å². The summed E-state index contributed by atoms with van der Waals surface area (Å²) in [6.45, 7) is 2.56. The Labute approximate surface area is 174 Å². The van der Waals surface area contributed by atoms with Gasteiger partial charge in [0.05, 0.1) is 28.0 Å². The molecule has 0 aliphatic heterocycles. The van der Waals surface area contributed by atoms with Crippen LogP contribution in [0.5, 0.6) is 0 Å². The molecular weight excluding hydrogens is 449 g/mol. The van der Waals surface area contributed by atoms with E-state index in [1.54, 1.807) is 6.07 Å². The second-order valence-corrected chi connectivity index (χ2v) is 7.93. The molecule has 1 aromatic rings. The van der Waals surface area contributed by atoms with Crippen molar-refractivity contribution in [3.8, 4) is 6.07 Å². The van der Waals surface area contributed by atoms with Gasteiger partial charge in [-0.15, -0.1) is 0 Å². The van der Waals surface area contributed by atoms with Crippen LogP contribution in [0.2, 0.25) is 10.0 Å². The van der Waals surface area contributed by atoms with Crippen LogP contribution in [0.15, 0.2) is 28.8 Å². The highest BCUT2D eigenvalue weighted by Crippen LogP contribution is 2.55. The van der Waals surface area contributed by atoms with Crippen molar-refractivity contribution in [2.45, 2.75) is 25.9 Å². The quantitative estimate of drug-likeness (QED) is 0.504. The number of allylic oxidation sites excluding steroid dienone is 1. The number of carboxylic acids is 1. The van der Waals surface area contributed by atoms with Gasteiger partial charge in [-0.1, -0.05) is 66.3 Å². The number of nitriles is 1. The van der Waals surface area contributed by atoms with Gasteiger partial charge in [0, 0.05) is 0 Å². The van der Waals surface area contributed by atoms with Crippen molar-refractivity contribution in [1.29, 1.82) is 5.26 Å². The van der Waals surface area contributed by atoms with Gasteiger partial charge in [0.1, 0.15) is 9.91 Å². The minimum atomic E-state index is -5.04. The highest BCUT2D eigenvalue weighted by atomic mass is 35.5. The minimum absolute atomic E-state index is 0.0173. The summed E-state index contributed by atoms with van der Waals surface area (Å²) in [7, 11) is 0. The third kappa shape index (κ3) is 4.83. The van der Waals surface area contributed by atoms with Crippen molar-refractivity contribution >= 4 is 52.4 Å². The minimum Gasteiger partial charge on any atom is -0.481 e. The first-order valence-corrected chi connectivity index (χ1v) is 8.98. The molecule has 10 heteroatoms. The lowest BCUT2D eigenvalue weighted by molar-refractivity contribution is -0.211. The molecule has 0 aliphatic carbocycles. The molecule has 27 heavy (non-hydrogen) atoms. The van der Waals surface area contributed by atoms with Gasteiger partial charge in [0.2, 0.25) is 0 Å². The Kier molecular flexibility index (Phi) is 7.89. The number of carbonyl (C=O) groups is 1. The standard InChI is InChI=1S/C17H14Cl4F3NO2/c1-8(2)16(15(26)27,13(6-14(20)21)17(22,23)24)10(7-25)9-3-4-11(18)12(19)5-9/h3-6,8,10,13H,1-2H3,(H,26,27). The molecule has 148 valence electrons. The first-order valence-electron chi connectivity index (χ1n) is 7.47. The molecule has 0 aromatic heterocycles. The average molecular weight is 463 g/mol. The summed E-state index contributed by atoms with van der Waals surface area (Å²) in [5, 5.41) is 19.7. The number of rotatable bonds is 6. The maximum Gasteiger partial charge on any atom is 0.396 e. The van der Waals surface area contributed by atoms with E-state index in [4.69, 9.17) is 46.4 Å². The summed E-state index contributed by atoms with van der Waals surface area (Å²) in [4.78, 5) is 12.2. The predicted octanol–water partition coefficient (Wildman–Crippen LogP) is 6.83. The zero-order valence-corrected chi connectivity index (χ0v) is 17.0. The largest absolute Gasteiger partial charge is 0.481 e. The second kappa shape index (κ2) is 8.91. The number of halogens is 7. The highest BCUT2D eigenvalue weighted by molar-refractivity contribution is 6.55.